The largest absolute Gasteiger partial charge is 0.493 e. The van der Waals surface area contributed by atoms with E-state index in [0.29, 0.717) is 33.8 Å². The van der Waals surface area contributed by atoms with E-state index in [9.17, 15) is 14.7 Å². The Bertz CT molecular complexity index is 1410. The highest BCUT2D eigenvalue weighted by molar-refractivity contribution is 6.03. The molecule has 7 heteroatoms. The van der Waals surface area contributed by atoms with Crippen LogP contribution in [0.3, 0.4) is 0 Å². The number of rotatable bonds is 8. The third-order valence-electron chi connectivity index (χ3n) is 5.29. The quantitative estimate of drug-likeness (QED) is 0.357. The average Bonchev–Trinajstić information content (AvgIpc) is 2.87. The van der Waals surface area contributed by atoms with Crippen LogP contribution in [0.15, 0.2) is 72.8 Å². The third-order valence-corrected chi connectivity index (χ3v) is 5.29. The van der Waals surface area contributed by atoms with Gasteiger partial charge in [0.2, 0.25) is 0 Å². The van der Waals surface area contributed by atoms with Gasteiger partial charge in [-0.25, -0.2) is 9.78 Å². The molecule has 0 unspecified atom stereocenters. The maximum Gasteiger partial charge on any atom is 0.336 e. The van der Waals surface area contributed by atoms with E-state index in [1.807, 2.05) is 43.3 Å². The van der Waals surface area contributed by atoms with E-state index in [0.717, 1.165) is 11.1 Å². The summed E-state index contributed by atoms with van der Waals surface area (Å²) in [5.74, 6) is -0.391. The first-order valence-electron chi connectivity index (χ1n) is 10.9. The number of aromatic carboxylic acids is 1. The molecule has 0 saturated heterocycles. The van der Waals surface area contributed by atoms with Crippen LogP contribution in [0.5, 0.6) is 11.5 Å². The molecule has 0 spiro atoms. The van der Waals surface area contributed by atoms with Gasteiger partial charge in [0.25, 0.3) is 5.91 Å². The van der Waals surface area contributed by atoms with E-state index >= 15 is 0 Å². The molecule has 3 aromatic carbocycles. The summed E-state index contributed by atoms with van der Waals surface area (Å²) in [5, 5.41) is 12.9. The molecule has 0 atom stereocenters. The highest BCUT2D eigenvalue weighted by Crippen LogP contribution is 2.29. The zero-order valence-corrected chi connectivity index (χ0v) is 19.3. The average molecular weight is 469 g/mol. The van der Waals surface area contributed by atoms with Gasteiger partial charge in [-0.05, 0) is 55.0 Å². The maximum atomic E-state index is 12.2. The molecule has 0 fully saturated rings. The number of carbonyl (C=O) groups is 2. The summed E-state index contributed by atoms with van der Waals surface area (Å²) in [4.78, 5) is 28.4. The number of hydrogen-bond donors (Lipinski definition) is 2. The van der Waals surface area contributed by atoms with Crippen LogP contribution >= 0.6 is 0 Å². The first kappa shape index (κ1) is 23.5. The van der Waals surface area contributed by atoms with Crippen LogP contribution in [0, 0.1) is 6.92 Å². The fraction of sp³-hybridized carbons (Fsp3) is 0.107. The van der Waals surface area contributed by atoms with Gasteiger partial charge in [0, 0.05) is 11.1 Å². The van der Waals surface area contributed by atoms with Gasteiger partial charge >= 0.3 is 5.97 Å². The van der Waals surface area contributed by atoms with Crippen LogP contribution in [0.2, 0.25) is 0 Å². The molecule has 0 aliphatic heterocycles. The molecule has 35 heavy (non-hydrogen) atoms. The van der Waals surface area contributed by atoms with E-state index < -0.39 is 5.97 Å². The molecule has 1 amide bonds. The maximum absolute atomic E-state index is 12.2. The van der Waals surface area contributed by atoms with Crippen molar-refractivity contribution in [2.45, 2.75) is 6.92 Å². The minimum absolute atomic E-state index is 0.168. The fourth-order valence-corrected chi connectivity index (χ4v) is 3.52. The number of anilines is 1. The van der Waals surface area contributed by atoms with Gasteiger partial charge in [0.15, 0.2) is 18.1 Å². The Labute approximate surface area is 202 Å². The summed E-state index contributed by atoms with van der Waals surface area (Å²) < 4.78 is 11.1. The Morgan fingerprint density at radius 1 is 0.971 bits per heavy atom. The third kappa shape index (κ3) is 5.83. The van der Waals surface area contributed by atoms with Crippen molar-refractivity contribution < 1.29 is 24.2 Å². The molecule has 0 bridgehead atoms. The molecule has 0 radical (unpaired) electrons. The second-order valence-corrected chi connectivity index (χ2v) is 7.86. The molecule has 176 valence electrons. The van der Waals surface area contributed by atoms with Crippen LogP contribution in [-0.2, 0) is 4.79 Å². The van der Waals surface area contributed by atoms with Gasteiger partial charge in [0.05, 0.1) is 23.9 Å². The van der Waals surface area contributed by atoms with Gasteiger partial charge in [-0.2, -0.15) is 0 Å². The predicted molar refractivity (Wildman–Crippen MR) is 136 cm³/mol. The van der Waals surface area contributed by atoms with E-state index in [-0.39, 0.29) is 18.1 Å². The summed E-state index contributed by atoms with van der Waals surface area (Å²) in [6.45, 7) is 1.81. The van der Waals surface area contributed by atoms with Crippen LogP contribution in [-0.4, -0.2) is 35.7 Å². The topological polar surface area (TPSA) is 97.8 Å². The van der Waals surface area contributed by atoms with Crippen LogP contribution in [0.25, 0.3) is 23.1 Å². The van der Waals surface area contributed by atoms with E-state index in [1.54, 1.807) is 48.6 Å². The molecule has 0 aliphatic rings. The zero-order valence-electron chi connectivity index (χ0n) is 19.3. The standard InChI is InChI=1S/C28H24N2O5/c1-18-7-11-20(12-8-18)30-27(31)17-35-25-14-10-19(15-26(25)34-2)9-13-21-16-23(28(32)33)22-5-3-4-6-24(22)29-21/h3-16H,17H2,1-2H3,(H,30,31)(H,32,33). The van der Waals surface area contributed by atoms with Gasteiger partial charge in [-0.1, -0.05) is 48.0 Å². The van der Waals surface area contributed by atoms with E-state index in [1.165, 1.54) is 7.11 Å². The number of para-hydroxylation sites is 1. The lowest BCUT2D eigenvalue weighted by molar-refractivity contribution is -0.118. The molecule has 4 rings (SSSR count). The lowest BCUT2D eigenvalue weighted by Crippen LogP contribution is -2.20. The van der Waals surface area contributed by atoms with Crippen molar-refractivity contribution in [3.8, 4) is 11.5 Å². The minimum Gasteiger partial charge on any atom is -0.493 e. The van der Waals surface area contributed by atoms with Gasteiger partial charge in [-0.15, -0.1) is 0 Å². The van der Waals surface area contributed by atoms with Crippen molar-refractivity contribution in [2.24, 2.45) is 0 Å². The molecule has 4 aromatic rings. The fourth-order valence-electron chi connectivity index (χ4n) is 3.52. The molecular weight excluding hydrogens is 444 g/mol. The number of benzene rings is 3. The monoisotopic (exact) mass is 468 g/mol. The number of ether oxygens (including phenoxy) is 2. The number of methoxy groups -OCH3 is 1. The number of pyridine rings is 1. The summed E-state index contributed by atoms with van der Waals surface area (Å²) >= 11 is 0. The first-order valence-corrected chi connectivity index (χ1v) is 10.9. The Kier molecular flexibility index (Phi) is 7.07. The molecule has 7 nitrogen and oxygen atoms in total. The number of aryl methyl sites for hydroxylation is 1. The molecule has 1 aromatic heterocycles. The minimum atomic E-state index is -1.01. The van der Waals surface area contributed by atoms with Gasteiger partial charge in [0.1, 0.15) is 0 Å². The number of aromatic nitrogens is 1. The molecule has 0 saturated carbocycles. The number of carboxylic acid groups (broad SMARTS) is 1. The number of carbonyl (C=O) groups excluding carboxylic acids is 1. The lowest BCUT2D eigenvalue weighted by Gasteiger charge is -2.12. The molecule has 0 aliphatic carbocycles. The Balaban J connectivity index is 1.47. The summed E-state index contributed by atoms with van der Waals surface area (Å²) in [6, 6.07) is 21.5. The van der Waals surface area contributed by atoms with Crippen molar-refractivity contribution in [3.63, 3.8) is 0 Å². The molecular formula is C28H24N2O5. The lowest BCUT2D eigenvalue weighted by atomic mass is 10.1. The summed E-state index contributed by atoms with van der Waals surface area (Å²) in [5.41, 5.74) is 3.93. The number of carboxylic acids is 1. The van der Waals surface area contributed by atoms with Crippen molar-refractivity contribution in [1.82, 2.24) is 4.98 Å². The van der Waals surface area contributed by atoms with Gasteiger partial charge in [-0.3, -0.25) is 4.79 Å². The number of hydrogen-bond acceptors (Lipinski definition) is 5. The Morgan fingerprint density at radius 2 is 1.74 bits per heavy atom. The van der Waals surface area contributed by atoms with Crippen LogP contribution in [0.4, 0.5) is 5.69 Å². The predicted octanol–water partition coefficient (Wildman–Crippen LogP) is 5.44. The van der Waals surface area contributed by atoms with Crippen molar-refractivity contribution in [1.29, 1.82) is 0 Å². The first-order chi connectivity index (χ1) is 16.9. The number of fused-ring (bicyclic) bond motifs is 1. The highest BCUT2D eigenvalue weighted by atomic mass is 16.5. The second kappa shape index (κ2) is 10.5. The van der Waals surface area contributed by atoms with Crippen molar-refractivity contribution >= 4 is 40.6 Å². The number of nitrogens with one attached hydrogen (secondary N) is 1. The van der Waals surface area contributed by atoms with Crippen LogP contribution in [0.1, 0.15) is 27.2 Å². The smallest absolute Gasteiger partial charge is 0.336 e. The Hall–Kier alpha value is -4.65. The van der Waals surface area contributed by atoms with Crippen molar-refractivity contribution in [3.05, 3.63) is 95.2 Å². The van der Waals surface area contributed by atoms with Gasteiger partial charge < -0.3 is 19.9 Å². The number of nitrogens with zero attached hydrogens (tertiary/aromatic N) is 1. The van der Waals surface area contributed by atoms with Crippen LogP contribution < -0.4 is 14.8 Å². The number of amides is 1. The SMILES string of the molecule is COc1cc(C=Cc2cc(C(=O)O)c3ccccc3n2)ccc1OCC(=O)Nc1ccc(C)cc1. The molecule has 2 N–H and O–H groups in total. The van der Waals surface area contributed by atoms with E-state index in [2.05, 4.69) is 10.3 Å². The highest BCUT2D eigenvalue weighted by Gasteiger charge is 2.11. The van der Waals surface area contributed by atoms with E-state index in [4.69, 9.17) is 9.47 Å². The normalized spacial score (nSPS) is 10.9. The van der Waals surface area contributed by atoms with Crippen molar-refractivity contribution in [2.75, 3.05) is 19.0 Å². The summed E-state index contributed by atoms with van der Waals surface area (Å²) in [7, 11) is 1.52. The Morgan fingerprint density at radius 3 is 2.49 bits per heavy atom. The molecule has 1 heterocycles. The summed E-state index contributed by atoms with van der Waals surface area (Å²) in [6.07, 6.45) is 3.54. The second-order valence-electron chi connectivity index (χ2n) is 7.86. The zero-order chi connectivity index (χ0) is 24.8.